The number of aromatic carboxylic acids is 1. The molecule has 7 nitrogen and oxygen atoms in total. The molecule has 0 spiro atoms. The number of benzene rings is 2. The number of amidine groups is 1. The summed E-state index contributed by atoms with van der Waals surface area (Å²) in [7, 11) is 1.59. The Kier molecular flexibility index (Phi) is 6.46. The first kappa shape index (κ1) is 21.2. The van der Waals surface area contributed by atoms with Crippen LogP contribution in [0.4, 0.5) is 11.4 Å². The molecule has 0 aromatic heterocycles. The molecule has 2 aromatic carbocycles. The molecule has 1 aliphatic heterocycles. The first-order chi connectivity index (χ1) is 13.7. The molecule has 1 atom stereocenters. The van der Waals surface area contributed by atoms with Gasteiger partial charge in [-0.1, -0.05) is 35.0 Å². The van der Waals surface area contributed by atoms with Gasteiger partial charge in [-0.25, -0.2) is 9.79 Å². The van der Waals surface area contributed by atoms with Gasteiger partial charge in [0.15, 0.2) is 5.17 Å². The van der Waals surface area contributed by atoms with Crippen LogP contribution in [0.25, 0.3) is 0 Å². The van der Waals surface area contributed by atoms with Crippen molar-refractivity contribution in [2.45, 2.75) is 11.7 Å². The van der Waals surface area contributed by atoms with Crippen molar-refractivity contribution < 1.29 is 19.5 Å². The van der Waals surface area contributed by atoms with Crippen LogP contribution in [-0.2, 0) is 9.59 Å². The first-order valence-corrected chi connectivity index (χ1v) is 9.99. The van der Waals surface area contributed by atoms with E-state index in [0.29, 0.717) is 26.6 Å². The normalized spacial score (nSPS) is 18.0. The van der Waals surface area contributed by atoms with E-state index in [1.165, 1.54) is 29.2 Å². The second kappa shape index (κ2) is 8.86. The Morgan fingerprint density at radius 3 is 2.48 bits per heavy atom. The monoisotopic (exact) mass is 451 g/mol. The lowest BCUT2D eigenvalue weighted by molar-refractivity contribution is -0.128. The van der Waals surface area contributed by atoms with Crippen LogP contribution < -0.4 is 5.32 Å². The first-order valence-electron chi connectivity index (χ1n) is 8.36. The summed E-state index contributed by atoms with van der Waals surface area (Å²) in [6.07, 6.45) is 0.0145. The zero-order chi connectivity index (χ0) is 21.1. The maximum absolute atomic E-state index is 12.6. The summed E-state index contributed by atoms with van der Waals surface area (Å²) in [4.78, 5) is 41.7. The molecule has 0 radical (unpaired) electrons. The van der Waals surface area contributed by atoms with Gasteiger partial charge in [0.1, 0.15) is 5.25 Å². The maximum atomic E-state index is 12.6. The maximum Gasteiger partial charge on any atom is 0.335 e. The summed E-state index contributed by atoms with van der Waals surface area (Å²) in [5.41, 5.74) is 1.06. The number of thioether (sulfide) groups is 1. The van der Waals surface area contributed by atoms with Crippen molar-refractivity contribution in [1.29, 1.82) is 0 Å². The van der Waals surface area contributed by atoms with E-state index in [1.807, 2.05) is 0 Å². The average Bonchev–Trinajstić information content (AvgIpc) is 2.68. The number of carbonyl (C=O) groups excluding carboxylic acids is 2. The Hall–Kier alpha value is -2.55. The average molecular weight is 452 g/mol. The van der Waals surface area contributed by atoms with Crippen LogP contribution in [-0.4, -0.2) is 45.3 Å². The predicted octanol–water partition coefficient (Wildman–Crippen LogP) is 4.28. The Morgan fingerprint density at radius 2 is 1.86 bits per heavy atom. The number of nitrogens with one attached hydrogen (secondary N) is 1. The Labute approximate surface area is 180 Å². The van der Waals surface area contributed by atoms with Gasteiger partial charge >= 0.3 is 5.97 Å². The van der Waals surface area contributed by atoms with Crippen molar-refractivity contribution in [3.63, 3.8) is 0 Å². The lowest BCUT2D eigenvalue weighted by atomic mass is 10.2. The number of hydrogen-bond donors (Lipinski definition) is 2. The Bertz CT molecular complexity index is 1010. The highest BCUT2D eigenvalue weighted by atomic mass is 35.5. The molecule has 0 aliphatic carbocycles. The summed E-state index contributed by atoms with van der Waals surface area (Å²) in [6, 6.07) is 10.6. The number of anilines is 1. The quantitative estimate of drug-likeness (QED) is 0.722. The molecule has 0 bridgehead atoms. The molecule has 150 valence electrons. The minimum absolute atomic E-state index is 0.0145. The third-order valence-corrected chi connectivity index (χ3v) is 6.07. The van der Waals surface area contributed by atoms with Crippen LogP contribution in [0.3, 0.4) is 0 Å². The highest BCUT2D eigenvalue weighted by molar-refractivity contribution is 8.15. The number of amides is 2. The van der Waals surface area contributed by atoms with E-state index in [0.717, 1.165) is 11.8 Å². The van der Waals surface area contributed by atoms with Crippen molar-refractivity contribution in [3.05, 3.63) is 58.1 Å². The van der Waals surface area contributed by atoms with E-state index in [1.54, 1.807) is 25.2 Å². The molecule has 3 rings (SSSR count). The second-order valence-corrected chi connectivity index (χ2v) is 8.11. The van der Waals surface area contributed by atoms with Gasteiger partial charge < -0.3 is 10.4 Å². The van der Waals surface area contributed by atoms with Gasteiger partial charge in [0.05, 0.1) is 21.3 Å². The molecule has 2 N–H and O–H groups in total. The van der Waals surface area contributed by atoms with Crippen molar-refractivity contribution in [2.75, 3.05) is 12.4 Å². The van der Waals surface area contributed by atoms with Crippen LogP contribution in [0, 0.1) is 0 Å². The Balaban J connectivity index is 1.76. The molecule has 2 aromatic rings. The number of halogens is 2. The number of carboxylic acids is 1. The molecular formula is C19H15Cl2N3O4S. The van der Waals surface area contributed by atoms with E-state index >= 15 is 0 Å². The van der Waals surface area contributed by atoms with E-state index < -0.39 is 11.2 Å². The van der Waals surface area contributed by atoms with E-state index in [4.69, 9.17) is 28.3 Å². The summed E-state index contributed by atoms with van der Waals surface area (Å²) >= 11 is 13.1. The largest absolute Gasteiger partial charge is 0.478 e. The third kappa shape index (κ3) is 5.09. The van der Waals surface area contributed by atoms with Crippen molar-refractivity contribution >= 4 is 69.3 Å². The van der Waals surface area contributed by atoms with Gasteiger partial charge in [-0.2, -0.15) is 0 Å². The molecule has 10 heteroatoms. The molecular weight excluding hydrogens is 437 g/mol. The molecule has 2 amide bonds. The molecule has 1 aliphatic rings. The summed E-state index contributed by atoms with van der Waals surface area (Å²) in [5.74, 6) is -1.67. The minimum Gasteiger partial charge on any atom is -0.478 e. The highest BCUT2D eigenvalue weighted by Crippen LogP contribution is 2.31. The molecule has 1 fully saturated rings. The number of rotatable bonds is 4. The number of hydrogen-bond acceptors (Lipinski definition) is 5. The molecule has 1 unspecified atom stereocenters. The van der Waals surface area contributed by atoms with Crippen LogP contribution in [0.15, 0.2) is 47.5 Å². The number of nitrogens with zero attached hydrogens (tertiary/aromatic N) is 2. The van der Waals surface area contributed by atoms with Gasteiger partial charge in [0.2, 0.25) is 11.8 Å². The van der Waals surface area contributed by atoms with E-state index in [9.17, 15) is 14.4 Å². The van der Waals surface area contributed by atoms with Gasteiger partial charge in [-0.05, 0) is 42.5 Å². The topological polar surface area (TPSA) is 99.1 Å². The standard InChI is InChI=1S/C19H15Cl2N3O4S/c1-24-16(25)9-15(17(26)22-11-4-2-10(3-5-11)18(27)28)29-19(24)23-12-6-7-13(20)14(21)8-12/h2-8,15H,9H2,1H3,(H,22,26)(H,27,28). The zero-order valence-corrected chi connectivity index (χ0v) is 17.4. The van der Waals surface area contributed by atoms with Gasteiger partial charge in [-0.15, -0.1) is 0 Å². The van der Waals surface area contributed by atoms with E-state index in [2.05, 4.69) is 10.3 Å². The van der Waals surface area contributed by atoms with Crippen molar-refractivity contribution in [1.82, 2.24) is 4.90 Å². The number of carboxylic acid groups (broad SMARTS) is 1. The second-order valence-electron chi connectivity index (χ2n) is 6.13. The van der Waals surface area contributed by atoms with Crippen LogP contribution in [0.1, 0.15) is 16.8 Å². The lowest BCUT2D eigenvalue weighted by Crippen LogP contribution is -2.43. The fourth-order valence-corrected chi connectivity index (χ4v) is 3.84. The van der Waals surface area contributed by atoms with Crippen LogP contribution >= 0.6 is 35.0 Å². The SMILES string of the molecule is CN1C(=O)CC(C(=O)Nc2ccc(C(=O)O)cc2)SC1=Nc1ccc(Cl)c(Cl)c1. The van der Waals surface area contributed by atoms with Gasteiger partial charge in [-0.3, -0.25) is 14.5 Å². The number of aliphatic imine (C=N–C) groups is 1. The predicted molar refractivity (Wildman–Crippen MR) is 114 cm³/mol. The van der Waals surface area contributed by atoms with Gasteiger partial charge in [0.25, 0.3) is 0 Å². The zero-order valence-electron chi connectivity index (χ0n) is 15.1. The molecule has 0 saturated carbocycles. The minimum atomic E-state index is -1.05. The molecule has 29 heavy (non-hydrogen) atoms. The van der Waals surface area contributed by atoms with Crippen molar-refractivity contribution in [3.8, 4) is 0 Å². The lowest BCUT2D eigenvalue weighted by Gasteiger charge is -2.28. The van der Waals surface area contributed by atoms with Crippen LogP contribution in [0.2, 0.25) is 10.0 Å². The number of carbonyl (C=O) groups is 3. The van der Waals surface area contributed by atoms with Crippen LogP contribution in [0.5, 0.6) is 0 Å². The molecule has 1 saturated heterocycles. The van der Waals surface area contributed by atoms with E-state index in [-0.39, 0.29) is 23.8 Å². The fourth-order valence-electron chi connectivity index (χ4n) is 2.48. The van der Waals surface area contributed by atoms with Gasteiger partial charge in [0, 0.05) is 19.2 Å². The summed E-state index contributed by atoms with van der Waals surface area (Å²) in [5, 5.41) is 12.0. The smallest absolute Gasteiger partial charge is 0.335 e. The summed E-state index contributed by atoms with van der Waals surface area (Å²) in [6.45, 7) is 0. The third-order valence-electron chi connectivity index (χ3n) is 4.09. The summed E-state index contributed by atoms with van der Waals surface area (Å²) < 4.78 is 0. The fraction of sp³-hybridized carbons (Fsp3) is 0.158. The molecule has 1 heterocycles. The highest BCUT2D eigenvalue weighted by Gasteiger charge is 2.34. The van der Waals surface area contributed by atoms with Crippen molar-refractivity contribution in [2.24, 2.45) is 4.99 Å². The Morgan fingerprint density at radius 1 is 1.17 bits per heavy atom.